The molecule has 0 aromatic heterocycles. The number of carbonyl (C=O) groups is 2. The first-order valence-electron chi connectivity index (χ1n) is 27.1. The smallest absolute Gasteiger partial charge is 0.456 e. The monoisotopic (exact) mass is 970 g/mol. The fraction of sp³-hybridized carbons (Fsp3) is 0.690. The van der Waals surface area contributed by atoms with Crippen LogP contribution in [0.25, 0.3) is 0 Å². The first kappa shape index (κ1) is 64.9. The summed E-state index contributed by atoms with van der Waals surface area (Å²) in [4.78, 5) is 37.4. The fourth-order valence-corrected chi connectivity index (χ4v) is 7.82. The van der Waals surface area contributed by atoms with Gasteiger partial charge in [0.05, 0.1) is 33.8 Å². The van der Waals surface area contributed by atoms with Crippen LogP contribution in [0.1, 0.15) is 207 Å². The Bertz CT molecular complexity index is 1490. The van der Waals surface area contributed by atoms with Crippen molar-refractivity contribution >= 4 is 19.7 Å². The van der Waals surface area contributed by atoms with E-state index >= 15 is 0 Å². The molecule has 390 valence electrons. The summed E-state index contributed by atoms with van der Waals surface area (Å²) in [5.41, 5.74) is 0. The Morgan fingerprint density at radius 2 is 0.956 bits per heavy atom. The highest BCUT2D eigenvalue weighted by Gasteiger charge is 2.30. The number of nitrogens with one attached hydrogen (secondary N) is 1. The molecule has 0 radical (unpaired) electrons. The molecule has 9 nitrogen and oxygen atoms in total. The standard InChI is InChI=1S/C58H101N2O7P/c1-7-10-13-16-19-22-25-28-29-30-31-33-35-38-41-44-47-50-57(61)59-55(54-66-68(63,64)65-53-52-60(4,5)6)56(49-46-43-40-37-34-27-24-21-18-15-12-9-3)67-58(62)51-48-45-42-39-36-32-26-23-20-17-14-11-8-2/h10,13,19,22,28-29,31-33,36,38,41-42,45-46,49,55-56H,7-9,11-12,14-18,20-21,23-27,30,34-35,37,39-40,43-44,47-48,50-54H2,1-6H3,(H-,59,61,63,64)/p+1/b13-10-,22-19-,29-28-,33-31-,36-32-,41-38-,45-42+,49-46-. The number of carbonyl (C=O) groups excluding carboxylic acids is 2. The minimum absolute atomic E-state index is 0.0176. The van der Waals surface area contributed by atoms with Crippen molar-refractivity contribution in [2.45, 2.75) is 219 Å². The van der Waals surface area contributed by atoms with Crippen molar-refractivity contribution in [1.29, 1.82) is 0 Å². The molecule has 0 rings (SSSR count). The van der Waals surface area contributed by atoms with Gasteiger partial charge in [0.1, 0.15) is 19.3 Å². The summed E-state index contributed by atoms with van der Waals surface area (Å²) in [6, 6.07) is -0.904. The van der Waals surface area contributed by atoms with Crippen LogP contribution in [-0.2, 0) is 27.9 Å². The number of hydrogen-bond donors (Lipinski definition) is 2. The minimum atomic E-state index is -4.47. The van der Waals surface area contributed by atoms with E-state index in [9.17, 15) is 19.0 Å². The topological polar surface area (TPSA) is 111 Å². The number of unbranched alkanes of at least 4 members (excludes halogenated alkanes) is 17. The molecule has 0 saturated heterocycles. The van der Waals surface area contributed by atoms with Crippen LogP contribution < -0.4 is 5.32 Å². The number of phosphoric acid groups is 1. The van der Waals surface area contributed by atoms with E-state index in [-0.39, 0.29) is 32.0 Å². The quantitative estimate of drug-likeness (QED) is 0.0205. The Morgan fingerprint density at radius 3 is 1.44 bits per heavy atom. The van der Waals surface area contributed by atoms with Gasteiger partial charge in [-0.1, -0.05) is 202 Å². The summed E-state index contributed by atoms with van der Waals surface area (Å²) in [7, 11) is 1.42. The summed E-state index contributed by atoms with van der Waals surface area (Å²) >= 11 is 0. The highest BCUT2D eigenvalue weighted by Crippen LogP contribution is 2.43. The molecule has 0 heterocycles. The summed E-state index contributed by atoms with van der Waals surface area (Å²) in [6.07, 6.45) is 62.9. The van der Waals surface area contributed by atoms with E-state index in [0.29, 0.717) is 23.9 Å². The molecule has 0 aliphatic rings. The van der Waals surface area contributed by atoms with E-state index in [0.717, 1.165) is 70.6 Å². The van der Waals surface area contributed by atoms with E-state index in [2.05, 4.69) is 105 Å². The van der Waals surface area contributed by atoms with Crippen LogP contribution in [0.15, 0.2) is 97.2 Å². The first-order chi connectivity index (χ1) is 32.9. The van der Waals surface area contributed by atoms with E-state index < -0.39 is 25.9 Å². The van der Waals surface area contributed by atoms with E-state index in [1.807, 2.05) is 33.3 Å². The lowest BCUT2D eigenvalue weighted by Gasteiger charge is -2.27. The molecule has 3 atom stereocenters. The van der Waals surface area contributed by atoms with Gasteiger partial charge in [-0.2, -0.15) is 0 Å². The molecule has 0 aliphatic carbocycles. The van der Waals surface area contributed by atoms with Gasteiger partial charge < -0.3 is 19.4 Å². The third-order valence-corrected chi connectivity index (χ3v) is 12.3. The summed E-state index contributed by atoms with van der Waals surface area (Å²) in [5.74, 6) is -0.660. The van der Waals surface area contributed by atoms with Gasteiger partial charge in [-0.3, -0.25) is 18.6 Å². The lowest BCUT2D eigenvalue weighted by Crippen LogP contribution is -2.47. The number of allylic oxidation sites excluding steroid dienone is 15. The number of likely N-dealkylation sites (N-methyl/N-ethyl adjacent to an activating group) is 1. The zero-order valence-corrected chi connectivity index (χ0v) is 45.2. The van der Waals surface area contributed by atoms with Crippen molar-refractivity contribution in [3.8, 4) is 0 Å². The maximum atomic E-state index is 13.4. The number of nitrogens with zero attached hydrogens (tertiary/aromatic N) is 1. The molecule has 2 N–H and O–H groups in total. The van der Waals surface area contributed by atoms with Crippen molar-refractivity contribution in [3.63, 3.8) is 0 Å². The van der Waals surface area contributed by atoms with Crippen LogP contribution in [-0.4, -0.2) is 74.3 Å². The van der Waals surface area contributed by atoms with Crippen LogP contribution >= 0.6 is 7.82 Å². The largest absolute Gasteiger partial charge is 0.472 e. The number of ether oxygens (including phenoxy) is 1. The Labute approximate surface area is 418 Å². The number of hydrogen-bond acceptors (Lipinski definition) is 6. The maximum absolute atomic E-state index is 13.4. The molecule has 3 unspecified atom stereocenters. The van der Waals surface area contributed by atoms with Gasteiger partial charge in [0.25, 0.3) is 0 Å². The number of quaternary nitrogens is 1. The lowest BCUT2D eigenvalue weighted by atomic mass is 10.1. The molecular weight excluding hydrogens is 868 g/mol. The molecule has 0 aliphatic heterocycles. The number of amides is 1. The van der Waals surface area contributed by atoms with Crippen LogP contribution in [0.2, 0.25) is 0 Å². The summed E-state index contributed by atoms with van der Waals surface area (Å²) < 4.78 is 30.4. The lowest BCUT2D eigenvalue weighted by molar-refractivity contribution is -0.870. The zero-order chi connectivity index (χ0) is 50.1. The Hall–Kier alpha value is -3.07. The van der Waals surface area contributed by atoms with Crippen LogP contribution in [0.5, 0.6) is 0 Å². The molecule has 0 aromatic rings. The van der Waals surface area contributed by atoms with Gasteiger partial charge in [-0.25, -0.2) is 4.57 Å². The molecule has 0 aromatic carbocycles. The molecule has 68 heavy (non-hydrogen) atoms. The molecular formula is C58H102N2O7P+. The summed E-state index contributed by atoms with van der Waals surface area (Å²) in [5, 5.41) is 2.99. The molecule has 10 heteroatoms. The second-order valence-electron chi connectivity index (χ2n) is 19.0. The Kier molecular flexibility index (Phi) is 45.5. The van der Waals surface area contributed by atoms with Gasteiger partial charge in [-0.15, -0.1) is 0 Å². The highest BCUT2D eigenvalue weighted by molar-refractivity contribution is 7.47. The molecule has 1 amide bonds. The predicted molar refractivity (Wildman–Crippen MR) is 290 cm³/mol. The van der Waals surface area contributed by atoms with Crippen molar-refractivity contribution in [3.05, 3.63) is 97.2 Å². The van der Waals surface area contributed by atoms with Gasteiger partial charge in [0.2, 0.25) is 5.91 Å². The number of esters is 1. The molecule has 0 saturated carbocycles. The number of phosphoric ester groups is 1. The predicted octanol–water partition coefficient (Wildman–Crippen LogP) is 16.0. The Balaban J connectivity index is 5.58. The van der Waals surface area contributed by atoms with E-state index in [1.165, 1.54) is 89.9 Å². The molecule has 0 spiro atoms. The van der Waals surface area contributed by atoms with E-state index in [1.54, 1.807) is 6.08 Å². The number of rotatable bonds is 47. The van der Waals surface area contributed by atoms with Crippen LogP contribution in [0.3, 0.4) is 0 Å². The van der Waals surface area contributed by atoms with Gasteiger partial charge in [0.15, 0.2) is 0 Å². The average molecular weight is 970 g/mol. The van der Waals surface area contributed by atoms with Gasteiger partial charge in [-0.05, 0) is 89.5 Å². The fourth-order valence-electron chi connectivity index (χ4n) is 7.09. The summed E-state index contributed by atoms with van der Waals surface area (Å²) in [6.45, 7) is 6.77. The average Bonchev–Trinajstić information content (AvgIpc) is 3.29. The second-order valence-corrected chi connectivity index (χ2v) is 20.5. The third-order valence-electron chi connectivity index (χ3n) is 11.3. The first-order valence-corrected chi connectivity index (χ1v) is 28.6. The van der Waals surface area contributed by atoms with Crippen molar-refractivity contribution in [2.75, 3.05) is 40.9 Å². The zero-order valence-electron chi connectivity index (χ0n) is 44.3. The Morgan fingerprint density at radius 1 is 0.529 bits per heavy atom. The minimum Gasteiger partial charge on any atom is -0.456 e. The normalized spacial score (nSPS) is 14.6. The van der Waals surface area contributed by atoms with E-state index in [4.69, 9.17) is 13.8 Å². The highest BCUT2D eigenvalue weighted by atomic mass is 31.2. The molecule has 0 fully saturated rings. The SMILES string of the molecule is CC/C=C\C/C=C\C/C=C\C/C=C\C/C=C\CCCC(=O)NC(COP(=O)(O)OCC[N+](C)(C)C)C(/C=C\CCCCCCCCCCCC)OC(=O)CC/C=C/C/C=C\CCCCCCCC. The van der Waals surface area contributed by atoms with Crippen LogP contribution in [0, 0.1) is 0 Å². The van der Waals surface area contributed by atoms with Gasteiger partial charge in [0, 0.05) is 12.8 Å². The third kappa shape index (κ3) is 48.0. The molecule has 0 bridgehead atoms. The second kappa shape index (κ2) is 47.6. The van der Waals surface area contributed by atoms with Gasteiger partial charge >= 0.3 is 13.8 Å². The maximum Gasteiger partial charge on any atom is 0.472 e. The van der Waals surface area contributed by atoms with Crippen molar-refractivity contribution in [2.24, 2.45) is 0 Å². The van der Waals surface area contributed by atoms with Crippen LogP contribution in [0.4, 0.5) is 0 Å². The van der Waals surface area contributed by atoms with Crippen molar-refractivity contribution in [1.82, 2.24) is 5.32 Å². The van der Waals surface area contributed by atoms with Crippen molar-refractivity contribution < 1.29 is 37.3 Å².